The van der Waals surface area contributed by atoms with Crippen LogP contribution in [0.25, 0.3) is 0 Å². The van der Waals surface area contributed by atoms with Gasteiger partial charge in [0.15, 0.2) is 0 Å². The Balaban J connectivity index is 2.15. The molecule has 0 spiro atoms. The van der Waals surface area contributed by atoms with Crippen molar-refractivity contribution in [2.45, 2.75) is 26.3 Å². The zero-order chi connectivity index (χ0) is 18.6. The number of hydrogen-bond donors (Lipinski definition) is 2. The monoisotopic (exact) mass is 360 g/mol. The Morgan fingerprint density at radius 2 is 1.68 bits per heavy atom. The summed E-state index contributed by atoms with van der Waals surface area (Å²) >= 11 is 6.05. The summed E-state index contributed by atoms with van der Waals surface area (Å²) in [6.07, 6.45) is 0. The summed E-state index contributed by atoms with van der Waals surface area (Å²) in [5.41, 5.74) is 1.06. The second-order valence-electron chi connectivity index (χ2n) is 6.59. The number of hydrogen-bond acceptors (Lipinski definition) is 3. The van der Waals surface area contributed by atoms with Gasteiger partial charge < -0.3 is 15.4 Å². The van der Waals surface area contributed by atoms with Crippen LogP contribution in [0, 0.1) is 0 Å². The van der Waals surface area contributed by atoms with E-state index in [1.807, 2.05) is 20.8 Å². The Labute approximate surface area is 152 Å². The number of nitrogens with one attached hydrogen (secondary N) is 2. The van der Waals surface area contributed by atoms with Crippen molar-refractivity contribution in [2.75, 3.05) is 12.4 Å². The molecule has 0 saturated heterocycles. The van der Waals surface area contributed by atoms with Gasteiger partial charge in [-0.05, 0) is 57.2 Å². The van der Waals surface area contributed by atoms with E-state index in [1.54, 1.807) is 36.4 Å². The van der Waals surface area contributed by atoms with Crippen molar-refractivity contribution in [3.05, 3.63) is 58.6 Å². The van der Waals surface area contributed by atoms with Crippen molar-refractivity contribution in [1.82, 2.24) is 5.32 Å². The minimum atomic E-state index is -0.337. The van der Waals surface area contributed by atoms with Crippen LogP contribution in [0.1, 0.15) is 41.5 Å². The number of halogens is 1. The Kier molecular flexibility index (Phi) is 5.69. The summed E-state index contributed by atoms with van der Waals surface area (Å²) in [5, 5.41) is 6.00. The fraction of sp³-hybridized carbons (Fsp3) is 0.263. The first-order valence-corrected chi connectivity index (χ1v) is 8.15. The van der Waals surface area contributed by atoms with Gasteiger partial charge in [0.25, 0.3) is 11.8 Å². The molecule has 2 aromatic carbocycles. The van der Waals surface area contributed by atoms with Crippen LogP contribution in [0.2, 0.25) is 5.02 Å². The number of amides is 2. The fourth-order valence-electron chi connectivity index (χ4n) is 2.16. The van der Waals surface area contributed by atoms with Crippen molar-refractivity contribution in [2.24, 2.45) is 0 Å². The highest BCUT2D eigenvalue weighted by atomic mass is 35.5. The van der Waals surface area contributed by atoms with Crippen LogP contribution >= 0.6 is 11.6 Å². The number of carbonyl (C=O) groups excluding carboxylic acids is 2. The first kappa shape index (κ1) is 18.8. The van der Waals surface area contributed by atoms with Gasteiger partial charge in [-0.15, -0.1) is 0 Å². The van der Waals surface area contributed by atoms with Gasteiger partial charge in [-0.25, -0.2) is 0 Å². The van der Waals surface area contributed by atoms with Crippen LogP contribution in [0.15, 0.2) is 42.5 Å². The molecule has 5 nitrogen and oxygen atoms in total. The molecule has 0 atom stereocenters. The van der Waals surface area contributed by atoms with Gasteiger partial charge in [0.1, 0.15) is 5.75 Å². The van der Waals surface area contributed by atoms with E-state index in [0.717, 1.165) is 0 Å². The molecule has 25 heavy (non-hydrogen) atoms. The Hall–Kier alpha value is -2.53. The average molecular weight is 361 g/mol. The van der Waals surface area contributed by atoms with E-state index in [4.69, 9.17) is 16.3 Å². The third-order valence-electron chi connectivity index (χ3n) is 3.29. The predicted molar refractivity (Wildman–Crippen MR) is 99.6 cm³/mol. The molecule has 0 aliphatic rings. The lowest BCUT2D eigenvalue weighted by molar-refractivity contribution is 0.0918. The lowest BCUT2D eigenvalue weighted by Gasteiger charge is -2.20. The van der Waals surface area contributed by atoms with Gasteiger partial charge in [0.2, 0.25) is 0 Å². The van der Waals surface area contributed by atoms with Crippen molar-refractivity contribution in [1.29, 1.82) is 0 Å². The SMILES string of the molecule is COc1ccc(C(=O)Nc2cccc(C(=O)NC(C)(C)C)c2)cc1Cl. The molecule has 0 radical (unpaired) electrons. The maximum absolute atomic E-state index is 12.4. The van der Waals surface area contributed by atoms with Crippen LogP contribution in [0.3, 0.4) is 0 Å². The van der Waals surface area contributed by atoms with Gasteiger partial charge in [-0.2, -0.15) is 0 Å². The molecule has 2 amide bonds. The van der Waals surface area contributed by atoms with Gasteiger partial charge in [-0.1, -0.05) is 17.7 Å². The highest BCUT2D eigenvalue weighted by Gasteiger charge is 2.16. The molecule has 6 heteroatoms. The number of rotatable bonds is 4. The Morgan fingerprint density at radius 1 is 1.00 bits per heavy atom. The molecular formula is C19H21ClN2O3. The molecule has 0 aromatic heterocycles. The lowest BCUT2D eigenvalue weighted by Crippen LogP contribution is -2.40. The van der Waals surface area contributed by atoms with Crippen molar-refractivity contribution in [3.63, 3.8) is 0 Å². The molecule has 0 aliphatic heterocycles. The van der Waals surface area contributed by atoms with Gasteiger partial charge in [-0.3, -0.25) is 9.59 Å². The maximum Gasteiger partial charge on any atom is 0.255 e. The first-order valence-electron chi connectivity index (χ1n) is 7.77. The number of carbonyl (C=O) groups is 2. The summed E-state index contributed by atoms with van der Waals surface area (Å²) in [6, 6.07) is 11.5. The third-order valence-corrected chi connectivity index (χ3v) is 3.58. The van der Waals surface area contributed by atoms with Crippen LogP contribution in [0.5, 0.6) is 5.75 Å². The predicted octanol–water partition coefficient (Wildman–Crippen LogP) is 4.13. The summed E-state index contributed by atoms with van der Waals surface area (Å²) in [6.45, 7) is 5.72. The van der Waals surface area contributed by atoms with E-state index in [2.05, 4.69) is 10.6 Å². The van der Waals surface area contributed by atoms with Crippen LogP contribution in [-0.4, -0.2) is 24.5 Å². The molecule has 132 valence electrons. The maximum atomic E-state index is 12.4. The second-order valence-corrected chi connectivity index (χ2v) is 7.00. The topological polar surface area (TPSA) is 67.4 Å². The van der Waals surface area contributed by atoms with Crippen molar-refractivity contribution in [3.8, 4) is 5.75 Å². The first-order chi connectivity index (χ1) is 11.7. The Morgan fingerprint density at radius 3 is 2.28 bits per heavy atom. The van der Waals surface area contributed by atoms with E-state index in [9.17, 15) is 9.59 Å². The molecule has 0 aliphatic carbocycles. The number of anilines is 1. The van der Waals surface area contributed by atoms with E-state index in [-0.39, 0.29) is 17.4 Å². The van der Waals surface area contributed by atoms with E-state index in [0.29, 0.717) is 27.6 Å². The molecule has 0 fully saturated rings. The highest BCUT2D eigenvalue weighted by Crippen LogP contribution is 2.25. The molecule has 0 bridgehead atoms. The Bertz CT molecular complexity index is 797. The number of ether oxygens (including phenoxy) is 1. The summed E-state index contributed by atoms with van der Waals surface area (Å²) < 4.78 is 5.07. The largest absolute Gasteiger partial charge is 0.495 e. The number of benzene rings is 2. The lowest BCUT2D eigenvalue weighted by atomic mass is 10.1. The van der Waals surface area contributed by atoms with Gasteiger partial charge >= 0.3 is 0 Å². The summed E-state index contributed by atoms with van der Waals surface area (Å²) in [5.74, 6) is -0.0203. The second kappa shape index (κ2) is 7.57. The quantitative estimate of drug-likeness (QED) is 0.861. The van der Waals surface area contributed by atoms with Gasteiger partial charge in [0.05, 0.1) is 12.1 Å². The molecule has 2 N–H and O–H groups in total. The van der Waals surface area contributed by atoms with Crippen LogP contribution in [0.4, 0.5) is 5.69 Å². The van der Waals surface area contributed by atoms with E-state index in [1.165, 1.54) is 13.2 Å². The third kappa shape index (κ3) is 5.22. The van der Waals surface area contributed by atoms with E-state index >= 15 is 0 Å². The average Bonchev–Trinajstić information content (AvgIpc) is 2.53. The molecule has 0 saturated carbocycles. The minimum absolute atomic E-state index is 0.198. The normalized spacial score (nSPS) is 10.9. The summed E-state index contributed by atoms with van der Waals surface area (Å²) in [7, 11) is 1.51. The molecule has 2 rings (SSSR count). The van der Waals surface area contributed by atoms with Crippen molar-refractivity contribution < 1.29 is 14.3 Å². The minimum Gasteiger partial charge on any atom is -0.495 e. The van der Waals surface area contributed by atoms with Gasteiger partial charge in [0, 0.05) is 22.4 Å². The molecular weight excluding hydrogens is 340 g/mol. The van der Waals surface area contributed by atoms with Crippen LogP contribution in [-0.2, 0) is 0 Å². The van der Waals surface area contributed by atoms with E-state index < -0.39 is 0 Å². The zero-order valence-electron chi connectivity index (χ0n) is 14.6. The number of methoxy groups -OCH3 is 1. The van der Waals surface area contributed by atoms with Crippen molar-refractivity contribution >= 4 is 29.1 Å². The zero-order valence-corrected chi connectivity index (χ0v) is 15.4. The highest BCUT2D eigenvalue weighted by molar-refractivity contribution is 6.32. The standard InChI is InChI=1S/C19H21ClN2O3/c1-19(2,3)22-18(24)12-6-5-7-14(10-12)21-17(23)13-8-9-16(25-4)15(20)11-13/h5-11H,1-4H3,(H,21,23)(H,22,24). The van der Waals surface area contributed by atoms with Crippen LogP contribution < -0.4 is 15.4 Å². The summed E-state index contributed by atoms with van der Waals surface area (Å²) in [4.78, 5) is 24.6. The molecule has 0 heterocycles. The molecule has 2 aromatic rings. The molecule has 0 unspecified atom stereocenters. The smallest absolute Gasteiger partial charge is 0.255 e. The fourth-order valence-corrected chi connectivity index (χ4v) is 2.42.